The molecule has 0 bridgehead atoms. The first kappa shape index (κ1) is 21.6. The lowest BCUT2D eigenvalue weighted by atomic mass is 10.1. The lowest BCUT2D eigenvalue weighted by Crippen LogP contribution is -2.13. The topological polar surface area (TPSA) is 76.1 Å². The van der Waals surface area contributed by atoms with E-state index < -0.39 is 12.7 Å². The van der Waals surface area contributed by atoms with Crippen LogP contribution in [0.5, 0.6) is 11.6 Å². The summed E-state index contributed by atoms with van der Waals surface area (Å²) in [5, 5.41) is 0.595. The molecule has 2 rings (SSSR count). The minimum absolute atomic E-state index is 0.0750. The van der Waals surface area contributed by atoms with Gasteiger partial charge in [-0.25, -0.2) is 9.78 Å². The SMILES string of the molecule is CCOC(=O)c1c(OCC)nc2ccccc2c1OP(=S)(OCC)OCC. The zero-order valence-corrected chi connectivity index (χ0v) is 17.6. The summed E-state index contributed by atoms with van der Waals surface area (Å²) in [7, 11) is 0. The second-order valence-electron chi connectivity index (χ2n) is 5.17. The number of rotatable bonds is 10. The van der Waals surface area contributed by atoms with E-state index in [-0.39, 0.29) is 23.8 Å². The van der Waals surface area contributed by atoms with Gasteiger partial charge in [-0.2, -0.15) is 0 Å². The van der Waals surface area contributed by atoms with Crippen molar-refractivity contribution in [1.82, 2.24) is 4.98 Å². The minimum Gasteiger partial charge on any atom is -0.477 e. The van der Waals surface area contributed by atoms with Crippen LogP contribution >= 0.6 is 6.72 Å². The molecule has 9 heteroatoms. The van der Waals surface area contributed by atoms with E-state index in [1.165, 1.54) is 0 Å². The van der Waals surface area contributed by atoms with Gasteiger partial charge in [-0.3, -0.25) is 9.05 Å². The van der Waals surface area contributed by atoms with Crippen LogP contribution in [0.1, 0.15) is 38.1 Å². The minimum atomic E-state index is -3.13. The van der Waals surface area contributed by atoms with Crippen molar-refractivity contribution >= 4 is 35.4 Å². The summed E-state index contributed by atoms with van der Waals surface area (Å²) in [6.45, 7) is 5.13. The van der Waals surface area contributed by atoms with E-state index in [1.54, 1.807) is 39.8 Å². The Balaban J connectivity index is 2.73. The number of hydrogen-bond donors (Lipinski definition) is 0. The molecule has 0 unspecified atom stereocenters. The molecular weight excluding hydrogens is 389 g/mol. The highest BCUT2D eigenvalue weighted by molar-refractivity contribution is 8.07. The third-order valence-corrected chi connectivity index (χ3v) is 5.76. The molecule has 0 aliphatic heterocycles. The first-order valence-electron chi connectivity index (χ1n) is 8.80. The van der Waals surface area contributed by atoms with Crippen LogP contribution in [0.15, 0.2) is 24.3 Å². The number of carbonyl (C=O) groups is 1. The Kier molecular flexibility index (Phi) is 7.98. The number of benzene rings is 1. The summed E-state index contributed by atoms with van der Waals surface area (Å²) in [5.41, 5.74) is 0.671. The van der Waals surface area contributed by atoms with Gasteiger partial charge in [0, 0.05) is 17.2 Å². The van der Waals surface area contributed by atoms with Crippen LogP contribution in [0, 0.1) is 0 Å². The molecule has 0 atom stereocenters. The van der Waals surface area contributed by atoms with Crippen LogP contribution in [0.25, 0.3) is 10.9 Å². The highest BCUT2D eigenvalue weighted by Gasteiger charge is 2.30. The number of carbonyl (C=O) groups excluding carboxylic acids is 1. The zero-order chi connectivity index (χ0) is 19.9. The van der Waals surface area contributed by atoms with Crippen molar-refractivity contribution < 1.29 is 27.8 Å². The van der Waals surface area contributed by atoms with Gasteiger partial charge < -0.3 is 14.0 Å². The average molecular weight is 413 g/mol. The van der Waals surface area contributed by atoms with E-state index in [0.29, 0.717) is 30.7 Å². The first-order valence-corrected chi connectivity index (χ1v) is 11.4. The van der Waals surface area contributed by atoms with Crippen molar-refractivity contribution in [3.8, 4) is 11.6 Å². The van der Waals surface area contributed by atoms with Crippen LogP contribution < -0.4 is 9.26 Å². The summed E-state index contributed by atoms with van der Waals surface area (Å²) < 4.78 is 28.0. The molecule has 0 amide bonds. The van der Waals surface area contributed by atoms with E-state index in [9.17, 15) is 4.79 Å². The number of pyridine rings is 1. The molecule has 1 aromatic heterocycles. The second kappa shape index (κ2) is 9.99. The Morgan fingerprint density at radius 3 is 2.30 bits per heavy atom. The number of hydrogen-bond acceptors (Lipinski definition) is 8. The van der Waals surface area contributed by atoms with Crippen LogP contribution in [-0.2, 0) is 25.6 Å². The fourth-order valence-electron chi connectivity index (χ4n) is 2.40. The van der Waals surface area contributed by atoms with Crippen molar-refractivity contribution in [2.45, 2.75) is 27.7 Å². The third kappa shape index (κ3) is 5.17. The van der Waals surface area contributed by atoms with Gasteiger partial charge in [0.2, 0.25) is 5.88 Å². The molecule has 0 aliphatic rings. The summed E-state index contributed by atoms with van der Waals surface area (Å²) in [6, 6.07) is 7.23. The molecule has 148 valence electrons. The van der Waals surface area contributed by atoms with Crippen LogP contribution in [-0.4, -0.2) is 37.4 Å². The molecule has 0 spiro atoms. The molecule has 1 aromatic carbocycles. The Bertz CT molecular complexity index is 834. The third-order valence-electron chi connectivity index (χ3n) is 3.35. The largest absolute Gasteiger partial charge is 0.477 e. The van der Waals surface area contributed by atoms with Gasteiger partial charge in [-0.1, -0.05) is 12.1 Å². The van der Waals surface area contributed by atoms with Gasteiger partial charge in [0.05, 0.1) is 31.9 Å². The van der Waals surface area contributed by atoms with Crippen LogP contribution in [0.2, 0.25) is 0 Å². The monoisotopic (exact) mass is 413 g/mol. The van der Waals surface area contributed by atoms with Crippen molar-refractivity contribution in [2.24, 2.45) is 0 Å². The highest BCUT2D eigenvalue weighted by Crippen LogP contribution is 2.52. The number of ether oxygens (including phenoxy) is 2. The molecule has 0 N–H and O–H groups in total. The molecule has 2 aromatic rings. The van der Waals surface area contributed by atoms with Crippen molar-refractivity contribution in [2.75, 3.05) is 26.4 Å². The van der Waals surface area contributed by atoms with Gasteiger partial charge >= 0.3 is 12.7 Å². The van der Waals surface area contributed by atoms with E-state index in [2.05, 4.69) is 4.98 Å². The van der Waals surface area contributed by atoms with E-state index in [1.807, 2.05) is 12.1 Å². The Labute approximate surface area is 164 Å². The highest BCUT2D eigenvalue weighted by atomic mass is 32.5. The molecule has 0 radical (unpaired) electrons. The second-order valence-corrected chi connectivity index (χ2v) is 8.10. The number of aromatic nitrogens is 1. The van der Waals surface area contributed by atoms with Gasteiger partial charge in [0.15, 0.2) is 11.3 Å². The predicted molar refractivity (Wildman–Crippen MR) is 107 cm³/mol. The van der Waals surface area contributed by atoms with E-state index >= 15 is 0 Å². The summed E-state index contributed by atoms with van der Waals surface area (Å²) in [5.74, 6) is -0.282. The standard InChI is InChI=1S/C18H24NO6PS/c1-5-21-17-15(18(20)22-6-2)16(13-11-9-10-12-14(13)19-17)25-26(27,23-7-3)24-8-4/h9-12H,5-8H2,1-4H3. The van der Waals surface area contributed by atoms with E-state index in [4.69, 9.17) is 34.9 Å². The smallest absolute Gasteiger partial charge is 0.380 e. The average Bonchev–Trinajstić information content (AvgIpc) is 2.62. The lowest BCUT2D eigenvalue weighted by Gasteiger charge is -2.24. The first-order chi connectivity index (χ1) is 13.0. The number of esters is 1. The molecule has 0 saturated carbocycles. The molecule has 27 heavy (non-hydrogen) atoms. The Hall–Kier alpha value is -1.73. The zero-order valence-electron chi connectivity index (χ0n) is 15.9. The fourth-order valence-corrected chi connectivity index (χ4v) is 4.48. The Morgan fingerprint density at radius 2 is 1.70 bits per heavy atom. The fraction of sp³-hybridized carbons (Fsp3) is 0.444. The van der Waals surface area contributed by atoms with Crippen molar-refractivity contribution in [1.29, 1.82) is 0 Å². The predicted octanol–water partition coefficient (Wildman–Crippen LogP) is 4.49. The molecule has 1 heterocycles. The maximum atomic E-state index is 12.7. The normalized spacial score (nSPS) is 11.4. The van der Waals surface area contributed by atoms with Crippen molar-refractivity contribution in [3.63, 3.8) is 0 Å². The molecule has 0 fully saturated rings. The maximum Gasteiger partial charge on any atom is 0.380 e. The summed E-state index contributed by atoms with van der Waals surface area (Å²) in [6.07, 6.45) is 0. The number of fused-ring (bicyclic) bond motifs is 1. The maximum absolute atomic E-state index is 12.7. The van der Waals surface area contributed by atoms with Gasteiger partial charge in [-0.05, 0) is 39.8 Å². The van der Waals surface area contributed by atoms with Gasteiger partial charge in [0.25, 0.3) is 0 Å². The van der Waals surface area contributed by atoms with Crippen molar-refractivity contribution in [3.05, 3.63) is 29.8 Å². The summed E-state index contributed by atoms with van der Waals surface area (Å²) >= 11 is 5.49. The number of nitrogens with zero attached hydrogens (tertiary/aromatic N) is 1. The molecule has 0 saturated heterocycles. The summed E-state index contributed by atoms with van der Waals surface area (Å²) in [4.78, 5) is 17.1. The number of para-hydroxylation sites is 1. The Morgan fingerprint density at radius 1 is 1.04 bits per heavy atom. The molecule has 7 nitrogen and oxygen atoms in total. The van der Waals surface area contributed by atoms with Gasteiger partial charge in [0.1, 0.15) is 0 Å². The van der Waals surface area contributed by atoms with Crippen LogP contribution in [0.4, 0.5) is 0 Å². The lowest BCUT2D eigenvalue weighted by molar-refractivity contribution is 0.0518. The molecular formula is C18H24NO6PS. The van der Waals surface area contributed by atoms with Gasteiger partial charge in [-0.15, -0.1) is 0 Å². The molecule has 0 aliphatic carbocycles. The van der Waals surface area contributed by atoms with Crippen LogP contribution in [0.3, 0.4) is 0 Å². The van der Waals surface area contributed by atoms with E-state index in [0.717, 1.165) is 0 Å². The quantitative estimate of drug-likeness (QED) is 0.417.